The first-order chi connectivity index (χ1) is 8.36. The van der Waals surface area contributed by atoms with E-state index in [9.17, 15) is 5.11 Å². The van der Waals surface area contributed by atoms with Gasteiger partial charge in [-0.15, -0.1) is 0 Å². The van der Waals surface area contributed by atoms with E-state index in [-0.39, 0.29) is 6.61 Å². The van der Waals surface area contributed by atoms with E-state index in [0.717, 1.165) is 18.4 Å². The van der Waals surface area contributed by atoms with Gasteiger partial charge in [-0.3, -0.25) is 0 Å². The highest BCUT2D eigenvalue weighted by Crippen LogP contribution is 2.14. The van der Waals surface area contributed by atoms with Crippen LogP contribution in [0.25, 0.3) is 0 Å². The van der Waals surface area contributed by atoms with Gasteiger partial charge in [-0.25, -0.2) is 0 Å². The minimum Gasteiger partial charge on any atom is -0.495 e. The Morgan fingerprint density at radius 1 is 1.29 bits per heavy atom. The van der Waals surface area contributed by atoms with E-state index < -0.39 is 6.10 Å². The van der Waals surface area contributed by atoms with E-state index in [1.807, 2.05) is 36.4 Å². The fraction of sp³-hybridized carbons (Fsp3) is 0.429. The van der Waals surface area contributed by atoms with Crippen LogP contribution >= 0.6 is 0 Å². The van der Waals surface area contributed by atoms with Crippen molar-refractivity contribution in [1.29, 1.82) is 0 Å². The van der Waals surface area contributed by atoms with E-state index in [1.165, 1.54) is 0 Å². The number of allylic oxidation sites excluding steroid dienone is 1. The smallest absolute Gasteiger partial charge is 0.134 e. The molecule has 0 saturated heterocycles. The van der Waals surface area contributed by atoms with Gasteiger partial charge >= 0.3 is 0 Å². The Labute approximate surface area is 102 Å². The number of aliphatic hydroxyl groups excluding tert-OH is 1. The molecule has 1 atom stereocenters. The summed E-state index contributed by atoms with van der Waals surface area (Å²) >= 11 is 0. The van der Waals surface area contributed by atoms with E-state index in [1.54, 1.807) is 0 Å². The van der Waals surface area contributed by atoms with Crippen molar-refractivity contribution in [2.45, 2.75) is 25.6 Å². The van der Waals surface area contributed by atoms with Crippen LogP contribution in [-0.4, -0.2) is 24.4 Å². The molecule has 0 radical (unpaired) electrons. The average Bonchev–Trinajstić information content (AvgIpc) is 2.41. The summed E-state index contributed by atoms with van der Waals surface area (Å²) in [6.45, 7) is 1.49. The molecule has 1 N–H and O–H groups in total. The van der Waals surface area contributed by atoms with Crippen LogP contribution in [0.5, 0.6) is 0 Å². The maximum atomic E-state index is 9.83. The summed E-state index contributed by atoms with van der Waals surface area (Å²) in [5, 5.41) is 9.83. The zero-order valence-corrected chi connectivity index (χ0v) is 9.84. The maximum absolute atomic E-state index is 9.83. The second-order valence-electron chi connectivity index (χ2n) is 4.11. The third-order valence-corrected chi connectivity index (χ3v) is 2.68. The lowest BCUT2D eigenvalue weighted by atomic mass is 10.2. The van der Waals surface area contributed by atoms with Gasteiger partial charge in [0.25, 0.3) is 0 Å². The quantitative estimate of drug-likeness (QED) is 0.849. The predicted molar refractivity (Wildman–Crippen MR) is 65.4 cm³/mol. The van der Waals surface area contributed by atoms with Gasteiger partial charge in [0, 0.05) is 0 Å². The molecule has 0 bridgehead atoms. The van der Waals surface area contributed by atoms with E-state index in [0.29, 0.717) is 19.0 Å². The first-order valence-corrected chi connectivity index (χ1v) is 5.99. The molecule has 2 rings (SSSR count). The molecule has 17 heavy (non-hydrogen) atoms. The van der Waals surface area contributed by atoms with Gasteiger partial charge in [-0.05, 0) is 24.5 Å². The highest BCUT2D eigenvalue weighted by Gasteiger charge is 2.14. The van der Waals surface area contributed by atoms with Crippen molar-refractivity contribution in [3.05, 3.63) is 47.7 Å². The largest absolute Gasteiger partial charge is 0.495 e. The van der Waals surface area contributed by atoms with E-state index >= 15 is 0 Å². The summed E-state index contributed by atoms with van der Waals surface area (Å²) < 4.78 is 10.8. The molecule has 1 aromatic carbocycles. The molecule has 0 spiro atoms. The van der Waals surface area contributed by atoms with Crippen molar-refractivity contribution in [1.82, 2.24) is 0 Å². The number of benzene rings is 1. The Morgan fingerprint density at radius 3 is 2.82 bits per heavy atom. The second-order valence-corrected chi connectivity index (χ2v) is 4.11. The van der Waals surface area contributed by atoms with Crippen molar-refractivity contribution in [2.75, 3.05) is 13.2 Å². The van der Waals surface area contributed by atoms with Crippen molar-refractivity contribution < 1.29 is 14.6 Å². The van der Waals surface area contributed by atoms with Crippen LogP contribution < -0.4 is 0 Å². The Bertz CT molecular complexity index is 359. The first kappa shape index (κ1) is 12.1. The Kier molecular flexibility index (Phi) is 4.59. The monoisotopic (exact) mass is 234 g/mol. The third-order valence-electron chi connectivity index (χ3n) is 2.68. The number of rotatable bonds is 5. The van der Waals surface area contributed by atoms with Crippen molar-refractivity contribution in [3.63, 3.8) is 0 Å². The highest BCUT2D eigenvalue weighted by molar-refractivity contribution is 5.13. The molecule has 0 amide bonds. The summed E-state index contributed by atoms with van der Waals surface area (Å²) in [6, 6.07) is 9.92. The van der Waals surface area contributed by atoms with Gasteiger partial charge in [0.2, 0.25) is 0 Å². The zero-order valence-electron chi connectivity index (χ0n) is 9.84. The number of hydrogen-bond acceptors (Lipinski definition) is 3. The number of aliphatic hydroxyl groups is 1. The molecule has 92 valence electrons. The lowest BCUT2D eigenvalue weighted by Crippen LogP contribution is -2.21. The molecule has 1 aromatic rings. The van der Waals surface area contributed by atoms with Gasteiger partial charge in [0.15, 0.2) is 0 Å². The molecule has 0 saturated carbocycles. The Balaban J connectivity index is 1.73. The molecule has 3 nitrogen and oxygen atoms in total. The second kappa shape index (κ2) is 6.42. The van der Waals surface area contributed by atoms with Crippen LogP contribution in [0.3, 0.4) is 0 Å². The fourth-order valence-corrected chi connectivity index (χ4v) is 1.75. The van der Waals surface area contributed by atoms with E-state index in [2.05, 4.69) is 0 Å². The van der Waals surface area contributed by atoms with Crippen LogP contribution in [-0.2, 0) is 16.1 Å². The summed E-state index contributed by atoms with van der Waals surface area (Å²) in [5.41, 5.74) is 1.11. The van der Waals surface area contributed by atoms with Crippen LogP contribution in [0.15, 0.2) is 42.2 Å². The van der Waals surface area contributed by atoms with Crippen molar-refractivity contribution >= 4 is 0 Å². The summed E-state index contributed by atoms with van der Waals surface area (Å²) in [7, 11) is 0. The summed E-state index contributed by atoms with van der Waals surface area (Å²) in [5.74, 6) is 0.657. The van der Waals surface area contributed by atoms with Crippen LogP contribution in [0, 0.1) is 0 Å². The minimum absolute atomic E-state index is 0.278. The SMILES string of the molecule is OC(COCc1ccccc1)C1=CCCCO1. The number of ether oxygens (including phenoxy) is 2. The number of hydrogen-bond donors (Lipinski definition) is 1. The lowest BCUT2D eigenvalue weighted by molar-refractivity contribution is 0.0100. The molecule has 1 heterocycles. The summed E-state index contributed by atoms with van der Waals surface area (Å²) in [6.07, 6.45) is 3.31. The molecular formula is C14H18O3. The summed E-state index contributed by atoms with van der Waals surface area (Å²) in [4.78, 5) is 0. The van der Waals surface area contributed by atoms with Crippen LogP contribution in [0.1, 0.15) is 18.4 Å². The van der Waals surface area contributed by atoms with Gasteiger partial charge in [0.05, 0.1) is 19.8 Å². The maximum Gasteiger partial charge on any atom is 0.134 e. The van der Waals surface area contributed by atoms with Gasteiger partial charge < -0.3 is 14.6 Å². The molecule has 1 aliphatic rings. The third kappa shape index (κ3) is 3.88. The minimum atomic E-state index is -0.640. The van der Waals surface area contributed by atoms with Gasteiger partial charge in [0.1, 0.15) is 11.9 Å². The topological polar surface area (TPSA) is 38.7 Å². The standard InChI is InChI=1S/C14H18O3/c15-13(14-8-4-5-9-17-14)11-16-10-12-6-2-1-3-7-12/h1-3,6-8,13,15H,4-5,9-11H2. The molecule has 1 unspecified atom stereocenters. The van der Waals surface area contributed by atoms with E-state index in [4.69, 9.17) is 9.47 Å². The molecule has 1 aliphatic heterocycles. The normalized spacial score (nSPS) is 17.1. The predicted octanol–water partition coefficient (Wildman–Crippen LogP) is 2.26. The first-order valence-electron chi connectivity index (χ1n) is 5.99. The highest BCUT2D eigenvalue weighted by atomic mass is 16.5. The molecule has 0 aromatic heterocycles. The zero-order chi connectivity index (χ0) is 11.9. The van der Waals surface area contributed by atoms with Crippen molar-refractivity contribution in [2.24, 2.45) is 0 Å². The van der Waals surface area contributed by atoms with Crippen LogP contribution in [0.2, 0.25) is 0 Å². The molecule has 0 aliphatic carbocycles. The Hall–Kier alpha value is -1.32. The van der Waals surface area contributed by atoms with Gasteiger partial charge in [-0.1, -0.05) is 30.3 Å². The molecular weight excluding hydrogens is 216 g/mol. The van der Waals surface area contributed by atoms with Crippen LogP contribution in [0.4, 0.5) is 0 Å². The lowest BCUT2D eigenvalue weighted by Gasteiger charge is -2.19. The van der Waals surface area contributed by atoms with Gasteiger partial charge in [-0.2, -0.15) is 0 Å². The fourth-order valence-electron chi connectivity index (χ4n) is 1.75. The molecule has 3 heteroatoms. The molecule has 0 fully saturated rings. The Morgan fingerprint density at radius 2 is 2.12 bits per heavy atom. The average molecular weight is 234 g/mol. The van der Waals surface area contributed by atoms with Crippen molar-refractivity contribution in [3.8, 4) is 0 Å².